The Bertz CT molecular complexity index is 979. The van der Waals surface area contributed by atoms with Gasteiger partial charge in [0.1, 0.15) is 0 Å². The van der Waals surface area contributed by atoms with Crippen molar-refractivity contribution in [3.05, 3.63) is 70.9 Å². The fourth-order valence-electron chi connectivity index (χ4n) is 3.66. The number of rotatable bonds is 9. The fraction of sp³-hybridized carbons (Fsp3) is 0.348. The lowest BCUT2D eigenvalue weighted by molar-refractivity contribution is 0.0953. The lowest BCUT2D eigenvalue weighted by Crippen LogP contribution is -2.25. The molecule has 0 radical (unpaired) electrons. The summed E-state index contributed by atoms with van der Waals surface area (Å²) in [5.74, 6) is -0.0536. The Kier molecular flexibility index (Phi) is 7.04. The largest absolute Gasteiger partial charge is 0.352 e. The first-order valence-corrected chi connectivity index (χ1v) is 10.0. The van der Waals surface area contributed by atoms with Crippen LogP contribution in [0.25, 0.3) is 10.9 Å². The maximum atomic E-state index is 12.4. The predicted octanol–water partition coefficient (Wildman–Crippen LogP) is 2.35. The van der Waals surface area contributed by atoms with E-state index in [-0.39, 0.29) is 5.91 Å². The average molecular weight is 394 g/mol. The molecule has 0 atom stereocenters. The number of carbonyl (C=O) groups is 1. The number of carbonyl (C=O) groups excluding carboxylic acids is 1. The zero-order chi connectivity index (χ0) is 20.8. The highest BCUT2D eigenvalue weighted by molar-refractivity contribution is 5.98. The van der Waals surface area contributed by atoms with Gasteiger partial charge < -0.3 is 21.4 Å². The predicted molar refractivity (Wildman–Crippen MR) is 118 cm³/mol. The molecular weight excluding hydrogens is 362 g/mol. The fourth-order valence-corrected chi connectivity index (χ4v) is 3.66. The van der Waals surface area contributed by atoms with Gasteiger partial charge in [0.05, 0.1) is 0 Å². The number of benzene rings is 2. The molecule has 0 spiro atoms. The first-order valence-electron chi connectivity index (χ1n) is 10.0. The number of hydrogen-bond donors (Lipinski definition) is 3. The van der Waals surface area contributed by atoms with Gasteiger partial charge in [0.2, 0.25) is 0 Å². The summed E-state index contributed by atoms with van der Waals surface area (Å²) < 4.78 is 2.11. The van der Waals surface area contributed by atoms with Crippen LogP contribution in [0.5, 0.6) is 0 Å². The maximum Gasteiger partial charge on any atom is 0.251 e. The Morgan fingerprint density at radius 3 is 2.66 bits per heavy atom. The van der Waals surface area contributed by atoms with Crippen molar-refractivity contribution in [1.82, 2.24) is 14.8 Å². The molecule has 0 saturated carbocycles. The molecule has 0 unspecified atom stereocenters. The third-order valence-corrected chi connectivity index (χ3v) is 5.12. The highest BCUT2D eigenvalue weighted by Crippen LogP contribution is 2.24. The standard InChI is InChI=1S/C23H31N5O/c1-27(14-18-6-3-5-17(11-18)13-25)15-20-16-28(2)22-8-7-19(12-21(20)22)23(29)26-10-4-9-24/h3,5-8,11-12,16H,4,9-10,13-15,24-25H2,1-2H3,(H,26,29). The molecule has 3 rings (SSSR count). The highest BCUT2D eigenvalue weighted by Gasteiger charge is 2.13. The van der Waals surface area contributed by atoms with Gasteiger partial charge in [-0.25, -0.2) is 0 Å². The van der Waals surface area contributed by atoms with Gasteiger partial charge in [0, 0.05) is 55.9 Å². The second-order valence-corrected chi connectivity index (χ2v) is 7.59. The summed E-state index contributed by atoms with van der Waals surface area (Å²) in [6.45, 7) is 3.35. The van der Waals surface area contributed by atoms with Crippen LogP contribution in [0, 0.1) is 0 Å². The van der Waals surface area contributed by atoms with E-state index in [1.54, 1.807) is 0 Å². The van der Waals surface area contributed by atoms with Crippen molar-refractivity contribution in [1.29, 1.82) is 0 Å². The number of nitrogens with two attached hydrogens (primary N) is 2. The number of amides is 1. The summed E-state index contributed by atoms with van der Waals surface area (Å²) in [7, 11) is 4.15. The number of aromatic nitrogens is 1. The first-order chi connectivity index (χ1) is 14.0. The molecule has 6 heteroatoms. The molecule has 6 nitrogen and oxygen atoms in total. The molecule has 1 heterocycles. The molecule has 3 aromatic rings. The van der Waals surface area contributed by atoms with Crippen molar-refractivity contribution in [2.24, 2.45) is 18.5 Å². The molecule has 154 valence electrons. The third-order valence-electron chi connectivity index (χ3n) is 5.12. The topological polar surface area (TPSA) is 89.3 Å². The minimum absolute atomic E-state index is 0.0536. The van der Waals surface area contributed by atoms with Gasteiger partial charge in [0.15, 0.2) is 0 Å². The summed E-state index contributed by atoms with van der Waals surface area (Å²) in [5, 5.41) is 4.04. The molecule has 1 aromatic heterocycles. The first kappa shape index (κ1) is 21.0. The Labute approximate surface area is 172 Å². The molecule has 0 bridgehead atoms. The quantitative estimate of drug-likeness (QED) is 0.487. The molecule has 2 aromatic carbocycles. The van der Waals surface area contributed by atoms with E-state index in [1.807, 2.05) is 31.3 Å². The van der Waals surface area contributed by atoms with Gasteiger partial charge in [-0.15, -0.1) is 0 Å². The van der Waals surface area contributed by atoms with Gasteiger partial charge in [0.25, 0.3) is 5.91 Å². The number of nitrogens with one attached hydrogen (secondary N) is 1. The van der Waals surface area contributed by atoms with Gasteiger partial charge in [-0.3, -0.25) is 9.69 Å². The monoisotopic (exact) mass is 393 g/mol. The molecule has 0 saturated heterocycles. The average Bonchev–Trinajstić information content (AvgIpc) is 3.02. The Hall–Kier alpha value is -2.67. The molecule has 0 aliphatic carbocycles. The minimum atomic E-state index is -0.0536. The summed E-state index contributed by atoms with van der Waals surface area (Å²) >= 11 is 0. The lowest BCUT2D eigenvalue weighted by atomic mass is 10.1. The van der Waals surface area contributed by atoms with E-state index in [9.17, 15) is 4.79 Å². The van der Waals surface area contributed by atoms with E-state index in [2.05, 4.69) is 46.2 Å². The molecule has 5 N–H and O–H groups in total. The van der Waals surface area contributed by atoms with Crippen LogP contribution in [0.1, 0.15) is 33.5 Å². The van der Waals surface area contributed by atoms with E-state index in [4.69, 9.17) is 11.5 Å². The molecule has 29 heavy (non-hydrogen) atoms. The Balaban J connectivity index is 1.77. The van der Waals surface area contributed by atoms with Crippen LogP contribution in [0.15, 0.2) is 48.7 Å². The number of hydrogen-bond acceptors (Lipinski definition) is 4. The van der Waals surface area contributed by atoms with Gasteiger partial charge in [-0.2, -0.15) is 0 Å². The molecule has 0 aliphatic rings. The number of nitrogens with zero attached hydrogens (tertiary/aromatic N) is 2. The Morgan fingerprint density at radius 1 is 1.10 bits per heavy atom. The normalized spacial score (nSPS) is 11.3. The SMILES string of the molecule is CN(Cc1cccc(CN)c1)Cc1cn(C)c2ccc(C(=O)NCCCN)cc12. The lowest BCUT2D eigenvalue weighted by Gasteiger charge is -2.17. The molecule has 0 aliphatic heterocycles. The molecule has 1 amide bonds. The van der Waals surface area contributed by atoms with Crippen molar-refractivity contribution in [3.8, 4) is 0 Å². The summed E-state index contributed by atoms with van der Waals surface area (Å²) in [4.78, 5) is 14.7. The summed E-state index contributed by atoms with van der Waals surface area (Å²) in [6.07, 6.45) is 2.92. The van der Waals surface area contributed by atoms with E-state index in [0.29, 0.717) is 25.2 Å². The van der Waals surface area contributed by atoms with Crippen molar-refractivity contribution in [3.63, 3.8) is 0 Å². The van der Waals surface area contributed by atoms with Gasteiger partial charge >= 0.3 is 0 Å². The van der Waals surface area contributed by atoms with E-state index >= 15 is 0 Å². The number of fused-ring (bicyclic) bond motifs is 1. The van der Waals surface area contributed by atoms with Crippen molar-refractivity contribution < 1.29 is 4.79 Å². The number of aryl methyl sites for hydroxylation is 1. The minimum Gasteiger partial charge on any atom is -0.352 e. The van der Waals surface area contributed by atoms with Crippen molar-refractivity contribution in [2.75, 3.05) is 20.1 Å². The summed E-state index contributed by atoms with van der Waals surface area (Å²) in [6, 6.07) is 14.3. The van der Waals surface area contributed by atoms with Crippen LogP contribution in [-0.2, 0) is 26.7 Å². The highest BCUT2D eigenvalue weighted by atomic mass is 16.1. The van der Waals surface area contributed by atoms with E-state index < -0.39 is 0 Å². The van der Waals surface area contributed by atoms with Crippen molar-refractivity contribution in [2.45, 2.75) is 26.1 Å². The van der Waals surface area contributed by atoms with Gasteiger partial charge in [-0.05, 0) is 54.9 Å². The molecule has 0 fully saturated rings. The zero-order valence-electron chi connectivity index (χ0n) is 17.3. The third kappa shape index (κ3) is 5.23. The van der Waals surface area contributed by atoms with Crippen LogP contribution >= 0.6 is 0 Å². The van der Waals surface area contributed by atoms with Gasteiger partial charge in [-0.1, -0.05) is 24.3 Å². The second-order valence-electron chi connectivity index (χ2n) is 7.59. The smallest absolute Gasteiger partial charge is 0.251 e. The zero-order valence-corrected chi connectivity index (χ0v) is 17.3. The van der Waals surface area contributed by atoms with E-state index in [0.717, 1.165) is 36.0 Å². The Morgan fingerprint density at radius 2 is 1.90 bits per heavy atom. The van der Waals surface area contributed by atoms with Crippen LogP contribution in [0.2, 0.25) is 0 Å². The van der Waals surface area contributed by atoms with E-state index in [1.165, 1.54) is 11.1 Å². The van der Waals surface area contributed by atoms with Crippen molar-refractivity contribution >= 4 is 16.8 Å². The maximum absolute atomic E-state index is 12.4. The van der Waals surface area contributed by atoms with Crippen LogP contribution in [0.3, 0.4) is 0 Å². The second kappa shape index (κ2) is 9.69. The van der Waals surface area contributed by atoms with Crippen LogP contribution in [0.4, 0.5) is 0 Å². The molecular formula is C23H31N5O. The summed E-state index contributed by atoms with van der Waals surface area (Å²) in [5.41, 5.74) is 16.7. The van der Waals surface area contributed by atoms with Crippen LogP contribution in [-0.4, -0.2) is 35.5 Å². The van der Waals surface area contributed by atoms with Crippen LogP contribution < -0.4 is 16.8 Å².